The zero-order chi connectivity index (χ0) is 38.3. The van der Waals surface area contributed by atoms with E-state index < -0.39 is 28.2 Å². The standard InChI is InChI=1S/C43H53IO9/c1-7-43(28-42(6,53-39(43)47)27-37(45)51-41(5)21-11-12-22-41)26-30(2)31-15-18-34(19-16-31)50-29-48-23-24-49-36-25-33(44)17-20-35(36)38(46)52-40(3,4)32-13-9-8-10-14-32/h8-10,13-20,25,30H,7,11-12,21-24,26-29H2,1-6H3. The van der Waals surface area contributed by atoms with Gasteiger partial charge in [-0.1, -0.05) is 56.3 Å². The number of ether oxygens (including phenoxy) is 6. The Kier molecular flexibility index (Phi) is 13.2. The van der Waals surface area contributed by atoms with E-state index in [1.54, 1.807) is 12.1 Å². The first kappa shape index (κ1) is 40.5. The molecule has 1 aliphatic carbocycles. The molecule has 10 heteroatoms. The number of carbonyl (C=O) groups excluding carboxylic acids is 3. The van der Waals surface area contributed by atoms with Crippen molar-refractivity contribution < 1.29 is 42.8 Å². The van der Waals surface area contributed by atoms with Crippen LogP contribution in [-0.4, -0.2) is 49.1 Å². The van der Waals surface area contributed by atoms with Gasteiger partial charge in [0.1, 0.15) is 40.5 Å². The molecule has 1 aliphatic heterocycles. The first-order valence-corrected chi connectivity index (χ1v) is 19.7. The lowest BCUT2D eigenvalue weighted by Crippen LogP contribution is -2.34. The minimum absolute atomic E-state index is 0.0235. The number of hydrogen-bond donors (Lipinski definition) is 0. The molecule has 0 spiro atoms. The molecule has 286 valence electrons. The Hall–Kier alpha value is -3.64. The van der Waals surface area contributed by atoms with Crippen molar-refractivity contribution in [3.63, 3.8) is 0 Å². The van der Waals surface area contributed by atoms with Crippen molar-refractivity contribution in [2.75, 3.05) is 20.0 Å². The lowest BCUT2D eigenvalue weighted by atomic mass is 9.71. The van der Waals surface area contributed by atoms with Crippen LogP contribution in [0.25, 0.3) is 0 Å². The molecule has 0 radical (unpaired) electrons. The maximum atomic E-state index is 13.3. The van der Waals surface area contributed by atoms with Crippen LogP contribution in [0.2, 0.25) is 0 Å². The Labute approximate surface area is 327 Å². The second-order valence-corrected chi connectivity index (χ2v) is 16.8. The van der Waals surface area contributed by atoms with Crippen molar-refractivity contribution in [2.45, 2.75) is 116 Å². The van der Waals surface area contributed by atoms with Gasteiger partial charge in [-0.15, -0.1) is 0 Å². The SMILES string of the molecule is CCC1(CC(C)c2ccc(OCOCCOc3cc(I)ccc3C(=O)OC(C)(C)c3ccccc3)cc2)CC(C)(CC(=O)OC2(C)CCCC2)OC1=O. The summed E-state index contributed by atoms with van der Waals surface area (Å²) in [6.45, 7) is 12.2. The van der Waals surface area contributed by atoms with Crippen LogP contribution in [0.5, 0.6) is 11.5 Å². The lowest BCUT2D eigenvalue weighted by Gasteiger charge is -2.29. The van der Waals surface area contributed by atoms with E-state index in [9.17, 15) is 14.4 Å². The highest BCUT2D eigenvalue weighted by molar-refractivity contribution is 14.1. The summed E-state index contributed by atoms with van der Waals surface area (Å²) in [5, 5.41) is 0. The van der Waals surface area contributed by atoms with E-state index in [1.165, 1.54) is 0 Å². The average Bonchev–Trinajstić information content (AvgIpc) is 3.65. The quantitative estimate of drug-likeness (QED) is 0.0432. The van der Waals surface area contributed by atoms with Crippen LogP contribution in [0.4, 0.5) is 0 Å². The van der Waals surface area contributed by atoms with Gasteiger partial charge in [-0.2, -0.15) is 0 Å². The molecule has 0 amide bonds. The minimum Gasteiger partial charge on any atom is -0.490 e. The van der Waals surface area contributed by atoms with Crippen molar-refractivity contribution in [1.82, 2.24) is 0 Å². The Balaban J connectivity index is 1.07. The van der Waals surface area contributed by atoms with Crippen molar-refractivity contribution >= 4 is 40.5 Å². The van der Waals surface area contributed by atoms with Crippen molar-refractivity contribution in [3.05, 3.63) is 93.1 Å². The monoisotopic (exact) mass is 840 g/mol. The number of benzene rings is 3. The topological polar surface area (TPSA) is 107 Å². The minimum atomic E-state index is -0.880. The van der Waals surface area contributed by atoms with E-state index in [4.69, 9.17) is 28.4 Å². The summed E-state index contributed by atoms with van der Waals surface area (Å²) in [5.41, 5.74) is -0.457. The summed E-state index contributed by atoms with van der Waals surface area (Å²) in [7, 11) is 0. The average molecular weight is 841 g/mol. The second-order valence-electron chi connectivity index (χ2n) is 15.6. The van der Waals surface area contributed by atoms with Crippen molar-refractivity contribution in [2.24, 2.45) is 5.41 Å². The highest BCUT2D eigenvalue weighted by atomic mass is 127. The molecule has 53 heavy (non-hydrogen) atoms. The molecule has 1 saturated heterocycles. The summed E-state index contributed by atoms with van der Waals surface area (Å²) in [6, 6.07) is 22.8. The molecule has 3 aromatic carbocycles. The van der Waals surface area contributed by atoms with Crippen LogP contribution in [0, 0.1) is 8.99 Å². The molecule has 0 bridgehead atoms. The van der Waals surface area contributed by atoms with Gasteiger partial charge in [0.05, 0.1) is 18.4 Å². The molecule has 5 rings (SSSR count). The van der Waals surface area contributed by atoms with Crippen LogP contribution in [-0.2, 0) is 34.1 Å². The molecule has 3 atom stereocenters. The first-order valence-electron chi connectivity index (χ1n) is 18.6. The zero-order valence-corrected chi connectivity index (χ0v) is 34.0. The Morgan fingerprint density at radius 3 is 2.32 bits per heavy atom. The Bertz CT molecular complexity index is 1720. The predicted octanol–water partition coefficient (Wildman–Crippen LogP) is 9.68. The number of cyclic esters (lactones) is 1. The highest BCUT2D eigenvalue weighted by Crippen LogP contribution is 2.50. The molecule has 9 nitrogen and oxygen atoms in total. The maximum Gasteiger partial charge on any atom is 0.342 e. The van der Waals surface area contributed by atoms with Crippen LogP contribution in [0.15, 0.2) is 72.8 Å². The predicted molar refractivity (Wildman–Crippen MR) is 210 cm³/mol. The molecule has 1 heterocycles. The van der Waals surface area contributed by atoms with Crippen LogP contribution >= 0.6 is 22.6 Å². The normalized spacial score (nSPS) is 21.5. The molecule has 0 N–H and O–H groups in total. The highest BCUT2D eigenvalue weighted by Gasteiger charge is 2.55. The van der Waals surface area contributed by atoms with Gasteiger partial charge in [-0.25, -0.2) is 4.79 Å². The molecule has 2 fully saturated rings. The molecular formula is C43H53IO9. The smallest absolute Gasteiger partial charge is 0.342 e. The molecule has 3 aromatic rings. The van der Waals surface area contributed by atoms with E-state index >= 15 is 0 Å². The van der Waals surface area contributed by atoms with Gasteiger partial charge >= 0.3 is 17.9 Å². The van der Waals surface area contributed by atoms with Gasteiger partial charge in [0.25, 0.3) is 0 Å². The molecule has 1 saturated carbocycles. The van der Waals surface area contributed by atoms with Crippen LogP contribution in [0.3, 0.4) is 0 Å². The number of esters is 3. The fourth-order valence-electron chi connectivity index (χ4n) is 7.61. The van der Waals surface area contributed by atoms with Crippen LogP contribution in [0.1, 0.15) is 120 Å². The fraction of sp³-hybridized carbons (Fsp3) is 0.512. The van der Waals surface area contributed by atoms with Gasteiger partial charge in [-0.05, 0) is 136 Å². The van der Waals surface area contributed by atoms with E-state index in [0.29, 0.717) is 36.3 Å². The molecule has 3 unspecified atom stereocenters. The molecule has 0 aromatic heterocycles. The van der Waals surface area contributed by atoms with E-state index in [-0.39, 0.29) is 44.3 Å². The van der Waals surface area contributed by atoms with E-state index in [1.807, 2.05) is 95.3 Å². The van der Waals surface area contributed by atoms with Gasteiger partial charge < -0.3 is 28.4 Å². The number of halogens is 1. The van der Waals surface area contributed by atoms with E-state index in [2.05, 4.69) is 29.5 Å². The third-order valence-electron chi connectivity index (χ3n) is 10.6. The van der Waals surface area contributed by atoms with Gasteiger partial charge in [0.15, 0.2) is 6.79 Å². The third kappa shape index (κ3) is 10.5. The summed E-state index contributed by atoms with van der Waals surface area (Å²) in [5.74, 6) is 0.154. The largest absolute Gasteiger partial charge is 0.490 e. The molecule has 2 aliphatic rings. The van der Waals surface area contributed by atoms with Crippen molar-refractivity contribution in [3.8, 4) is 11.5 Å². The number of rotatable bonds is 17. The van der Waals surface area contributed by atoms with Crippen molar-refractivity contribution in [1.29, 1.82) is 0 Å². The summed E-state index contributed by atoms with van der Waals surface area (Å²) >= 11 is 2.18. The maximum absolute atomic E-state index is 13.3. The summed E-state index contributed by atoms with van der Waals surface area (Å²) in [6.07, 6.45) is 5.67. The summed E-state index contributed by atoms with van der Waals surface area (Å²) < 4.78 is 36.0. The Morgan fingerprint density at radius 2 is 1.64 bits per heavy atom. The number of carbonyl (C=O) groups is 3. The Morgan fingerprint density at radius 1 is 0.943 bits per heavy atom. The second kappa shape index (κ2) is 17.2. The van der Waals surface area contributed by atoms with Gasteiger partial charge in [-0.3, -0.25) is 9.59 Å². The lowest BCUT2D eigenvalue weighted by molar-refractivity contribution is -0.166. The molecular weight excluding hydrogens is 787 g/mol. The van der Waals surface area contributed by atoms with Gasteiger partial charge in [0.2, 0.25) is 0 Å². The van der Waals surface area contributed by atoms with Crippen LogP contribution < -0.4 is 9.47 Å². The van der Waals surface area contributed by atoms with Gasteiger partial charge in [0, 0.05) is 9.99 Å². The fourth-order valence-corrected chi connectivity index (χ4v) is 8.07. The first-order chi connectivity index (χ1) is 25.1. The summed E-state index contributed by atoms with van der Waals surface area (Å²) in [4.78, 5) is 39.4. The third-order valence-corrected chi connectivity index (χ3v) is 11.3. The number of hydrogen-bond acceptors (Lipinski definition) is 9. The zero-order valence-electron chi connectivity index (χ0n) is 31.8. The van der Waals surface area contributed by atoms with E-state index in [0.717, 1.165) is 40.4 Å².